The van der Waals surface area contributed by atoms with Crippen molar-refractivity contribution in [2.24, 2.45) is 5.92 Å². The van der Waals surface area contributed by atoms with Crippen molar-refractivity contribution in [2.45, 2.75) is 50.7 Å². The van der Waals surface area contributed by atoms with Crippen molar-refractivity contribution in [3.05, 3.63) is 52.2 Å². The van der Waals surface area contributed by atoms with E-state index in [1.165, 1.54) is 11.3 Å². The maximum Gasteiger partial charge on any atom is 0.222 e. The molecular weight excluding hydrogens is 470 g/mol. The molecule has 2 aromatic rings. The van der Waals surface area contributed by atoms with Gasteiger partial charge in [-0.3, -0.25) is 9.69 Å². The Morgan fingerprint density at radius 2 is 1.92 bits per heavy atom. The molecule has 2 fully saturated rings. The van der Waals surface area contributed by atoms with Crippen LogP contribution in [0.2, 0.25) is 0 Å². The van der Waals surface area contributed by atoms with Gasteiger partial charge in [-0.05, 0) is 41.8 Å². The molecule has 0 radical (unpaired) electrons. The van der Waals surface area contributed by atoms with Gasteiger partial charge in [-0.1, -0.05) is 38.1 Å². The van der Waals surface area contributed by atoms with Gasteiger partial charge in [-0.25, -0.2) is 5.01 Å². The van der Waals surface area contributed by atoms with Gasteiger partial charge in [-0.2, -0.15) is 5.26 Å². The molecule has 192 valence electrons. The van der Waals surface area contributed by atoms with Gasteiger partial charge in [0.05, 0.1) is 29.3 Å². The largest absolute Gasteiger partial charge is 0.390 e. The van der Waals surface area contributed by atoms with E-state index in [4.69, 9.17) is 0 Å². The van der Waals surface area contributed by atoms with E-state index < -0.39 is 11.5 Å². The average Bonchev–Trinajstić information content (AvgIpc) is 3.65. The standard InChI is InChI=1S/C28H37N5O2S/c1-21(2)28(20-29,26-8-5-17-36-26)11-9-27(35)31-18-24(25(34)19-31)30-13-15-32(16-14-30)33-12-10-22-6-3-4-7-23(22)33/h3-8,17,21,24-25,34H,9-16,18-19H2,1-2H3. The summed E-state index contributed by atoms with van der Waals surface area (Å²) in [5.74, 6) is 0.158. The van der Waals surface area contributed by atoms with Crippen LogP contribution in [0, 0.1) is 17.2 Å². The molecule has 8 heteroatoms. The highest BCUT2D eigenvalue weighted by Crippen LogP contribution is 2.39. The lowest BCUT2D eigenvalue weighted by Gasteiger charge is -2.43. The molecule has 7 nitrogen and oxygen atoms in total. The topological polar surface area (TPSA) is 74.0 Å². The lowest BCUT2D eigenvalue weighted by atomic mass is 9.73. The van der Waals surface area contributed by atoms with Crippen LogP contribution >= 0.6 is 11.3 Å². The van der Waals surface area contributed by atoms with Crippen LogP contribution in [0.25, 0.3) is 0 Å². The predicted molar refractivity (Wildman–Crippen MR) is 143 cm³/mol. The molecule has 1 aromatic heterocycles. The van der Waals surface area contributed by atoms with E-state index in [1.807, 2.05) is 22.4 Å². The Labute approximate surface area is 218 Å². The minimum atomic E-state index is -0.647. The Morgan fingerprint density at radius 1 is 1.14 bits per heavy atom. The zero-order valence-corrected chi connectivity index (χ0v) is 22.2. The smallest absolute Gasteiger partial charge is 0.222 e. The second-order valence-electron chi connectivity index (χ2n) is 10.6. The number of carbonyl (C=O) groups is 1. The highest BCUT2D eigenvalue weighted by atomic mass is 32.1. The highest BCUT2D eigenvalue weighted by molar-refractivity contribution is 7.10. The Bertz CT molecular complexity index is 1090. The monoisotopic (exact) mass is 507 g/mol. The molecule has 3 aliphatic rings. The van der Waals surface area contributed by atoms with Crippen LogP contribution in [-0.4, -0.2) is 83.8 Å². The van der Waals surface area contributed by atoms with Gasteiger partial charge in [-0.15, -0.1) is 11.3 Å². The molecule has 0 saturated carbocycles. The molecule has 1 amide bonds. The molecule has 3 atom stereocenters. The Hall–Kier alpha value is -2.44. The summed E-state index contributed by atoms with van der Waals surface area (Å²) in [5.41, 5.74) is 2.09. The van der Waals surface area contributed by atoms with Gasteiger partial charge in [0.2, 0.25) is 5.91 Å². The number of aliphatic hydroxyl groups excluding tert-OH is 1. The molecule has 2 saturated heterocycles. The number of rotatable bonds is 7. The van der Waals surface area contributed by atoms with E-state index in [0.717, 1.165) is 44.0 Å². The SMILES string of the molecule is CC(C)C(C#N)(CCC(=O)N1CC(O)C(N2CCN(N3CCc4ccccc43)CC2)C1)c1cccs1. The maximum absolute atomic E-state index is 13.2. The first-order chi connectivity index (χ1) is 17.4. The summed E-state index contributed by atoms with van der Waals surface area (Å²) in [6.45, 7) is 9.69. The van der Waals surface area contributed by atoms with Gasteiger partial charge < -0.3 is 15.0 Å². The quantitative estimate of drug-likeness (QED) is 0.621. The first kappa shape index (κ1) is 25.2. The number of piperazine rings is 1. The lowest BCUT2D eigenvalue weighted by molar-refractivity contribution is -0.131. The molecule has 0 spiro atoms. The van der Waals surface area contributed by atoms with E-state index in [-0.39, 0.29) is 17.9 Å². The zero-order chi connectivity index (χ0) is 25.3. The van der Waals surface area contributed by atoms with Crippen molar-refractivity contribution >= 4 is 22.9 Å². The van der Waals surface area contributed by atoms with Gasteiger partial charge in [0.25, 0.3) is 0 Å². The second kappa shape index (κ2) is 10.5. The predicted octanol–water partition coefficient (Wildman–Crippen LogP) is 3.11. The van der Waals surface area contributed by atoms with Crippen molar-refractivity contribution in [2.75, 3.05) is 50.8 Å². The van der Waals surface area contributed by atoms with Crippen LogP contribution in [0.4, 0.5) is 5.69 Å². The van der Waals surface area contributed by atoms with Gasteiger partial charge in [0, 0.05) is 57.1 Å². The molecule has 0 bridgehead atoms. The van der Waals surface area contributed by atoms with E-state index in [2.05, 4.69) is 59.1 Å². The third-order valence-corrected chi connectivity index (χ3v) is 9.50. The van der Waals surface area contributed by atoms with Crippen molar-refractivity contribution in [3.63, 3.8) is 0 Å². The number of hydrazine groups is 1. The van der Waals surface area contributed by atoms with Crippen molar-refractivity contribution < 1.29 is 9.90 Å². The molecule has 36 heavy (non-hydrogen) atoms. The fraction of sp³-hybridized carbons (Fsp3) is 0.571. The number of fused-ring (bicyclic) bond motifs is 1. The van der Waals surface area contributed by atoms with E-state index in [0.29, 0.717) is 25.9 Å². The maximum atomic E-state index is 13.2. The van der Waals surface area contributed by atoms with Gasteiger partial charge >= 0.3 is 0 Å². The van der Waals surface area contributed by atoms with Crippen LogP contribution in [0.1, 0.15) is 37.1 Å². The number of nitrogens with zero attached hydrogens (tertiary/aromatic N) is 5. The lowest BCUT2D eigenvalue weighted by Crippen LogP contribution is -2.57. The number of amides is 1. The molecule has 1 N–H and O–H groups in total. The minimum absolute atomic E-state index is 0.0231. The van der Waals surface area contributed by atoms with Gasteiger partial charge in [0.1, 0.15) is 0 Å². The summed E-state index contributed by atoms with van der Waals surface area (Å²) in [7, 11) is 0. The molecule has 5 rings (SSSR count). The first-order valence-electron chi connectivity index (χ1n) is 13.2. The fourth-order valence-electron chi connectivity index (χ4n) is 6.16. The molecular formula is C28H37N5O2S. The summed E-state index contributed by atoms with van der Waals surface area (Å²) in [6, 6.07) is 15.1. The third-order valence-electron chi connectivity index (χ3n) is 8.45. The Morgan fingerprint density at radius 3 is 2.61 bits per heavy atom. The Kier molecular flexibility index (Phi) is 7.36. The highest BCUT2D eigenvalue weighted by Gasteiger charge is 2.41. The summed E-state index contributed by atoms with van der Waals surface area (Å²) < 4.78 is 0. The number of likely N-dealkylation sites (tertiary alicyclic amines) is 1. The van der Waals surface area contributed by atoms with Crippen molar-refractivity contribution in [1.82, 2.24) is 14.8 Å². The Balaban J connectivity index is 1.16. The molecule has 3 aliphatic heterocycles. The second-order valence-corrected chi connectivity index (χ2v) is 11.6. The number of β-amino-alcohol motifs (C(OH)–C–C–N with tert-alkyl or cyclic N) is 1. The number of para-hydroxylation sites is 1. The third kappa shape index (κ3) is 4.66. The number of hydrogen-bond donors (Lipinski definition) is 1. The number of hydrogen-bond acceptors (Lipinski definition) is 7. The van der Waals surface area contributed by atoms with E-state index in [1.54, 1.807) is 11.3 Å². The van der Waals surface area contributed by atoms with Crippen LogP contribution in [0.5, 0.6) is 0 Å². The zero-order valence-electron chi connectivity index (χ0n) is 21.3. The summed E-state index contributed by atoms with van der Waals surface area (Å²) in [5, 5.41) is 27.8. The molecule has 1 aromatic carbocycles. The molecule has 0 aliphatic carbocycles. The number of anilines is 1. The number of thiophene rings is 1. The van der Waals surface area contributed by atoms with Gasteiger partial charge in [0.15, 0.2) is 0 Å². The fourth-order valence-corrected chi connectivity index (χ4v) is 7.22. The number of aliphatic hydroxyl groups is 1. The minimum Gasteiger partial charge on any atom is -0.390 e. The van der Waals surface area contributed by atoms with Crippen LogP contribution in [0.15, 0.2) is 41.8 Å². The number of benzene rings is 1. The number of carbonyl (C=O) groups excluding carboxylic acids is 1. The number of nitriles is 1. The van der Waals surface area contributed by atoms with Crippen molar-refractivity contribution in [1.29, 1.82) is 5.26 Å². The molecule has 3 unspecified atom stereocenters. The van der Waals surface area contributed by atoms with Crippen LogP contribution in [0.3, 0.4) is 0 Å². The average molecular weight is 508 g/mol. The van der Waals surface area contributed by atoms with E-state index >= 15 is 0 Å². The molecule has 4 heterocycles. The summed E-state index contributed by atoms with van der Waals surface area (Å²) >= 11 is 1.59. The van der Waals surface area contributed by atoms with Crippen molar-refractivity contribution in [3.8, 4) is 6.07 Å². The van der Waals surface area contributed by atoms with Crippen LogP contribution < -0.4 is 5.01 Å². The summed E-state index contributed by atoms with van der Waals surface area (Å²) in [6.07, 6.45) is 1.39. The van der Waals surface area contributed by atoms with Crippen LogP contribution in [-0.2, 0) is 16.6 Å². The first-order valence-corrected chi connectivity index (χ1v) is 14.1. The van der Waals surface area contributed by atoms with E-state index in [9.17, 15) is 15.2 Å². The summed E-state index contributed by atoms with van der Waals surface area (Å²) in [4.78, 5) is 18.4. The normalized spacial score (nSPS) is 24.6.